The smallest absolute Gasteiger partial charge is 0.155 e. The Balaban J connectivity index is 1.34. The van der Waals surface area contributed by atoms with Gasteiger partial charge in [0.1, 0.15) is 0 Å². The number of fused-ring (bicyclic) bond motifs is 2. The Kier molecular flexibility index (Phi) is 7.62. The van der Waals surface area contributed by atoms with E-state index in [1.54, 1.807) is 11.1 Å². The molecule has 3 fully saturated rings. The number of ketones is 1. The number of likely N-dealkylation sites (N-methyl/N-ethyl adjacent to an activating group) is 1. The van der Waals surface area contributed by atoms with E-state index in [1.807, 2.05) is 6.08 Å². The monoisotopic (exact) mass is 496 g/mol. The highest BCUT2D eigenvalue weighted by Gasteiger charge is 2.51. The number of ether oxygens (including phenoxy) is 1. The zero-order chi connectivity index (χ0) is 25.7. The molecule has 0 aromatic carbocycles. The molecular formula is C32H52N2O2. The van der Waals surface area contributed by atoms with Crippen molar-refractivity contribution in [3.05, 3.63) is 22.8 Å². The number of carbonyl (C=O) groups is 1. The van der Waals surface area contributed by atoms with Gasteiger partial charge < -0.3 is 9.64 Å². The lowest BCUT2D eigenvalue weighted by Gasteiger charge is -2.46. The van der Waals surface area contributed by atoms with E-state index in [4.69, 9.17) is 4.74 Å². The van der Waals surface area contributed by atoms with E-state index in [-0.39, 0.29) is 11.0 Å². The topological polar surface area (TPSA) is 32.8 Å². The number of rotatable bonds is 5. The van der Waals surface area contributed by atoms with Crippen LogP contribution >= 0.6 is 0 Å². The molecule has 1 unspecified atom stereocenters. The van der Waals surface area contributed by atoms with Gasteiger partial charge >= 0.3 is 0 Å². The summed E-state index contributed by atoms with van der Waals surface area (Å²) in [5.41, 5.74) is 5.08. The second-order valence-electron chi connectivity index (χ2n) is 14.0. The van der Waals surface area contributed by atoms with E-state index < -0.39 is 0 Å². The Labute approximate surface area is 220 Å². The number of carbonyl (C=O) groups excluding carboxylic acids is 1. The summed E-state index contributed by atoms with van der Waals surface area (Å²) in [6.07, 6.45) is 15.2. The maximum Gasteiger partial charge on any atom is 0.155 e. The quantitative estimate of drug-likeness (QED) is 0.412. The summed E-state index contributed by atoms with van der Waals surface area (Å²) >= 11 is 0. The van der Waals surface area contributed by atoms with Crippen LogP contribution in [0.1, 0.15) is 98.3 Å². The second kappa shape index (κ2) is 10.3. The van der Waals surface area contributed by atoms with Crippen molar-refractivity contribution in [2.45, 2.75) is 116 Å². The molecule has 0 radical (unpaired) electrons. The molecule has 5 rings (SSSR count). The zero-order valence-electron chi connectivity index (χ0n) is 24.1. The lowest BCUT2D eigenvalue weighted by Crippen LogP contribution is -2.50. The average Bonchev–Trinajstić information content (AvgIpc) is 3.12. The van der Waals surface area contributed by atoms with Gasteiger partial charge in [0.05, 0.1) is 11.7 Å². The number of hydrogen-bond acceptors (Lipinski definition) is 4. The number of likely N-dealkylation sites (tertiary alicyclic amines) is 1. The number of hydrogen-bond donors (Lipinski definition) is 0. The summed E-state index contributed by atoms with van der Waals surface area (Å²) in [5, 5.41) is 0. The van der Waals surface area contributed by atoms with Crippen LogP contribution in [0.4, 0.5) is 0 Å². The van der Waals surface area contributed by atoms with Crippen molar-refractivity contribution in [2.24, 2.45) is 23.2 Å². The van der Waals surface area contributed by atoms with Gasteiger partial charge in [-0.3, -0.25) is 9.69 Å². The van der Waals surface area contributed by atoms with Crippen LogP contribution in [-0.2, 0) is 9.53 Å². The van der Waals surface area contributed by atoms with Crippen molar-refractivity contribution in [3.63, 3.8) is 0 Å². The summed E-state index contributed by atoms with van der Waals surface area (Å²) in [6, 6.07) is 0.593. The van der Waals surface area contributed by atoms with Crippen molar-refractivity contribution >= 4 is 5.78 Å². The minimum atomic E-state index is 0.0363. The first-order valence-electron chi connectivity index (χ1n) is 15.1. The third-order valence-corrected chi connectivity index (χ3v) is 11.0. The van der Waals surface area contributed by atoms with Gasteiger partial charge in [-0.15, -0.1) is 0 Å². The molecule has 0 N–H and O–H groups in total. The van der Waals surface area contributed by atoms with E-state index in [0.29, 0.717) is 29.8 Å². The SMILES string of the molecule is CC1=C(C[C@H]2CCCC3=CC(=O)CC[C@@]32C)[C@H](C)CC[C@]2(C1)CC1[C@@H](C[C@H](C)CN1CCN(C)C)O2. The minimum absolute atomic E-state index is 0.0363. The van der Waals surface area contributed by atoms with E-state index in [0.717, 1.165) is 44.7 Å². The van der Waals surface area contributed by atoms with Crippen molar-refractivity contribution in [1.29, 1.82) is 0 Å². The van der Waals surface area contributed by atoms with Crippen LogP contribution in [0.25, 0.3) is 0 Å². The van der Waals surface area contributed by atoms with E-state index in [2.05, 4.69) is 51.6 Å². The molecular weight excluding hydrogens is 444 g/mol. The van der Waals surface area contributed by atoms with Crippen LogP contribution in [0.5, 0.6) is 0 Å². The van der Waals surface area contributed by atoms with Gasteiger partial charge in [-0.05, 0) is 114 Å². The van der Waals surface area contributed by atoms with Crippen molar-refractivity contribution in [1.82, 2.24) is 9.80 Å². The van der Waals surface area contributed by atoms with Crippen LogP contribution in [0, 0.1) is 23.2 Å². The predicted molar refractivity (Wildman–Crippen MR) is 148 cm³/mol. The van der Waals surface area contributed by atoms with Crippen LogP contribution in [0.3, 0.4) is 0 Å². The second-order valence-corrected chi connectivity index (χ2v) is 14.0. The van der Waals surface area contributed by atoms with E-state index >= 15 is 0 Å². The highest BCUT2D eigenvalue weighted by molar-refractivity contribution is 5.91. The molecule has 0 aromatic rings. The van der Waals surface area contributed by atoms with Crippen LogP contribution < -0.4 is 0 Å². The fourth-order valence-electron chi connectivity index (χ4n) is 8.78. The van der Waals surface area contributed by atoms with Gasteiger partial charge in [0.2, 0.25) is 0 Å². The summed E-state index contributed by atoms with van der Waals surface area (Å²) < 4.78 is 7.12. The average molecular weight is 497 g/mol. The van der Waals surface area contributed by atoms with Crippen LogP contribution in [0.2, 0.25) is 0 Å². The highest BCUT2D eigenvalue weighted by atomic mass is 16.5. The van der Waals surface area contributed by atoms with Crippen molar-refractivity contribution in [3.8, 4) is 0 Å². The molecule has 7 atom stereocenters. The first-order chi connectivity index (χ1) is 17.1. The van der Waals surface area contributed by atoms with E-state index in [1.165, 1.54) is 57.1 Å². The highest BCUT2D eigenvalue weighted by Crippen LogP contribution is 2.54. The number of piperidine rings is 1. The Bertz CT molecular complexity index is 906. The van der Waals surface area contributed by atoms with Crippen LogP contribution in [0.15, 0.2) is 22.8 Å². The van der Waals surface area contributed by atoms with Crippen molar-refractivity contribution < 1.29 is 9.53 Å². The Morgan fingerprint density at radius 3 is 2.75 bits per heavy atom. The molecule has 1 saturated carbocycles. The number of nitrogens with zero attached hydrogens (tertiary/aromatic N) is 2. The molecule has 2 heterocycles. The third kappa shape index (κ3) is 5.16. The molecule has 1 spiro atoms. The maximum atomic E-state index is 12.2. The van der Waals surface area contributed by atoms with Gasteiger partial charge in [-0.1, -0.05) is 37.5 Å². The Hall–Kier alpha value is -0.970. The molecule has 2 saturated heterocycles. The van der Waals surface area contributed by atoms with Gasteiger partial charge in [0.15, 0.2) is 5.78 Å². The molecule has 0 bridgehead atoms. The number of allylic oxidation sites excluding steroid dienone is 3. The summed E-state index contributed by atoms with van der Waals surface area (Å²) in [4.78, 5) is 17.3. The molecule has 4 nitrogen and oxygen atoms in total. The Morgan fingerprint density at radius 1 is 1.17 bits per heavy atom. The lowest BCUT2D eigenvalue weighted by molar-refractivity contribution is -0.116. The molecule has 202 valence electrons. The first kappa shape index (κ1) is 26.6. The Morgan fingerprint density at radius 2 is 1.97 bits per heavy atom. The molecule has 36 heavy (non-hydrogen) atoms. The maximum absolute atomic E-state index is 12.2. The third-order valence-electron chi connectivity index (χ3n) is 11.0. The molecule has 0 aromatic heterocycles. The van der Waals surface area contributed by atoms with Gasteiger partial charge in [-0.25, -0.2) is 0 Å². The molecule has 0 amide bonds. The lowest BCUT2D eigenvalue weighted by atomic mass is 9.58. The fraction of sp³-hybridized carbons (Fsp3) is 0.844. The largest absolute Gasteiger partial charge is 0.370 e. The van der Waals surface area contributed by atoms with Crippen LogP contribution in [-0.4, -0.2) is 67.1 Å². The van der Waals surface area contributed by atoms with Gasteiger partial charge in [0.25, 0.3) is 0 Å². The van der Waals surface area contributed by atoms with Gasteiger partial charge in [-0.2, -0.15) is 0 Å². The summed E-state index contributed by atoms with van der Waals surface area (Å²) in [5.74, 6) is 2.40. The summed E-state index contributed by atoms with van der Waals surface area (Å²) in [7, 11) is 4.38. The standard InChI is InChI=1S/C32H52N2O2/c1-22-16-30-29(34(21-22)15-14-33(5)6)20-32(36-30)13-10-23(2)28(24(3)19-32)18-26-9-7-8-25-17-27(35)11-12-31(25,26)4/h17,22-23,26,29-30H,7-16,18-21H2,1-6H3/t22-,23+,26+,29?,30+,31-,32-/m0/s1. The fourth-order valence-corrected chi connectivity index (χ4v) is 8.78. The summed E-state index contributed by atoms with van der Waals surface area (Å²) in [6.45, 7) is 13.3. The molecule has 5 aliphatic rings. The normalized spacial score (nSPS) is 41.9. The predicted octanol–water partition coefficient (Wildman–Crippen LogP) is 6.41. The van der Waals surface area contributed by atoms with Gasteiger partial charge in [0, 0.05) is 32.1 Å². The van der Waals surface area contributed by atoms with E-state index in [9.17, 15) is 4.79 Å². The molecule has 4 heteroatoms. The van der Waals surface area contributed by atoms with Crippen molar-refractivity contribution in [2.75, 3.05) is 33.7 Å². The molecule has 3 aliphatic carbocycles. The minimum Gasteiger partial charge on any atom is -0.370 e. The zero-order valence-corrected chi connectivity index (χ0v) is 24.1. The first-order valence-corrected chi connectivity index (χ1v) is 15.1. The molecule has 2 aliphatic heterocycles.